The van der Waals surface area contributed by atoms with Crippen LogP contribution in [0.25, 0.3) is 0 Å². The molecule has 6 heteroatoms. The maximum atomic E-state index is 12.7. The van der Waals surface area contributed by atoms with Crippen molar-refractivity contribution < 1.29 is 28.6 Å². The van der Waals surface area contributed by atoms with Crippen molar-refractivity contribution in [1.82, 2.24) is 0 Å². The van der Waals surface area contributed by atoms with Crippen molar-refractivity contribution in [1.29, 1.82) is 0 Å². The lowest BCUT2D eigenvalue weighted by atomic mass is 10.0. The van der Waals surface area contributed by atoms with E-state index in [9.17, 15) is 14.4 Å². The van der Waals surface area contributed by atoms with Crippen molar-refractivity contribution in [3.63, 3.8) is 0 Å². The lowest BCUT2D eigenvalue weighted by Crippen LogP contribution is -2.30. The lowest BCUT2D eigenvalue weighted by molar-refractivity contribution is -0.167. The van der Waals surface area contributed by atoms with Crippen LogP contribution in [0.5, 0.6) is 0 Å². The number of rotatable bonds is 44. The maximum absolute atomic E-state index is 12.7. The molecule has 0 saturated heterocycles. The van der Waals surface area contributed by atoms with E-state index >= 15 is 0 Å². The van der Waals surface area contributed by atoms with Gasteiger partial charge in [-0.3, -0.25) is 14.4 Å². The number of carbonyl (C=O) groups is 3. The number of hydrogen-bond donors (Lipinski definition) is 0. The Morgan fingerprint density at radius 3 is 1.09 bits per heavy atom. The molecule has 0 aromatic heterocycles. The smallest absolute Gasteiger partial charge is 0.306 e. The van der Waals surface area contributed by atoms with Crippen molar-refractivity contribution in [3.8, 4) is 0 Å². The third kappa shape index (κ3) is 44.6. The van der Waals surface area contributed by atoms with Crippen LogP contribution in [0, 0.1) is 0 Å². The van der Waals surface area contributed by atoms with Crippen LogP contribution in [0.2, 0.25) is 0 Å². The van der Waals surface area contributed by atoms with Crippen LogP contribution in [-0.2, 0) is 28.6 Å². The Kier molecular flexibility index (Phi) is 44.4. The zero-order valence-electron chi connectivity index (χ0n) is 37.9. The molecule has 0 heterocycles. The predicted octanol–water partition coefficient (Wildman–Crippen LogP) is 15.8. The molecule has 0 N–H and O–H groups in total. The van der Waals surface area contributed by atoms with E-state index in [0.717, 1.165) is 96.3 Å². The normalized spacial score (nSPS) is 12.3. The van der Waals surface area contributed by atoms with Gasteiger partial charge in [0.2, 0.25) is 0 Å². The number of esters is 3. The molecule has 57 heavy (non-hydrogen) atoms. The van der Waals surface area contributed by atoms with Crippen LogP contribution in [0.3, 0.4) is 0 Å². The summed E-state index contributed by atoms with van der Waals surface area (Å²) in [4.78, 5) is 37.8. The van der Waals surface area contributed by atoms with Crippen molar-refractivity contribution in [3.05, 3.63) is 36.5 Å². The van der Waals surface area contributed by atoms with Crippen molar-refractivity contribution in [2.45, 2.75) is 258 Å². The number of ether oxygens (including phenoxy) is 3. The molecule has 0 bridgehead atoms. The highest BCUT2D eigenvalue weighted by atomic mass is 16.6. The predicted molar refractivity (Wildman–Crippen MR) is 242 cm³/mol. The zero-order chi connectivity index (χ0) is 41.5. The van der Waals surface area contributed by atoms with Crippen molar-refractivity contribution in [2.24, 2.45) is 0 Å². The number of unbranched alkanes of at least 4 members (excludes halogenated alkanes) is 27. The summed E-state index contributed by atoms with van der Waals surface area (Å²) in [5.41, 5.74) is 0. The molecule has 0 radical (unpaired) electrons. The van der Waals surface area contributed by atoms with Crippen LogP contribution < -0.4 is 0 Å². The summed E-state index contributed by atoms with van der Waals surface area (Å²) in [7, 11) is 0. The quantitative estimate of drug-likeness (QED) is 0.0264. The van der Waals surface area contributed by atoms with Crippen LogP contribution >= 0.6 is 0 Å². The minimum atomic E-state index is -0.780. The van der Waals surface area contributed by atoms with Crippen molar-refractivity contribution in [2.75, 3.05) is 13.2 Å². The zero-order valence-corrected chi connectivity index (χ0v) is 37.9. The summed E-state index contributed by atoms with van der Waals surface area (Å²) in [6.45, 7) is 6.50. The second kappa shape index (κ2) is 46.3. The molecular weight excluding hydrogens is 709 g/mol. The Morgan fingerprint density at radius 2 is 0.684 bits per heavy atom. The molecule has 1 unspecified atom stereocenters. The fourth-order valence-electron chi connectivity index (χ4n) is 6.94. The molecule has 0 spiro atoms. The van der Waals surface area contributed by atoms with E-state index in [2.05, 4.69) is 57.2 Å². The van der Waals surface area contributed by atoms with E-state index < -0.39 is 6.10 Å². The third-order valence-corrected chi connectivity index (χ3v) is 10.6. The minimum Gasteiger partial charge on any atom is -0.462 e. The Hall–Kier alpha value is -2.37. The van der Waals surface area contributed by atoms with Gasteiger partial charge in [-0.25, -0.2) is 0 Å². The molecule has 332 valence electrons. The van der Waals surface area contributed by atoms with E-state index in [1.807, 2.05) is 0 Å². The van der Waals surface area contributed by atoms with Gasteiger partial charge in [-0.1, -0.05) is 198 Å². The molecule has 0 saturated carbocycles. The number of carbonyl (C=O) groups excluding carboxylic acids is 3. The van der Waals surface area contributed by atoms with E-state index in [1.54, 1.807) is 0 Å². The molecule has 0 aliphatic heterocycles. The first-order valence-corrected chi connectivity index (χ1v) is 24.5. The number of allylic oxidation sites excluding steroid dienone is 6. The van der Waals surface area contributed by atoms with Crippen LogP contribution in [0.4, 0.5) is 0 Å². The van der Waals surface area contributed by atoms with E-state index in [1.165, 1.54) is 116 Å². The summed E-state index contributed by atoms with van der Waals surface area (Å²) >= 11 is 0. The van der Waals surface area contributed by atoms with Gasteiger partial charge in [0.1, 0.15) is 13.2 Å². The van der Waals surface area contributed by atoms with Gasteiger partial charge < -0.3 is 14.2 Å². The Morgan fingerprint density at radius 1 is 0.368 bits per heavy atom. The van der Waals surface area contributed by atoms with Gasteiger partial charge >= 0.3 is 17.9 Å². The first kappa shape index (κ1) is 54.6. The molecule has 0 amide bonds. The SMILES string of the molecule is CC/C=C\C/C=C\CCCCCCCC(=O)OCC(COC(=O)CCCCCCCCCCCCCCCC)OC(=O)CCCCC/C=C\CCCCCCCC. The van der Waals surface area contributed by atoms with Crippen LogP contribution in [0.1, 0.15) is 252 Å². The highest BCUT2D eigenvalue weighted by molar-refractivity contribution is 5.71. The fourth-order valence-corrected chi connectivity index (χ4v) is 6.94. The van der Waals surface area contributed by atoms with Gasteiger partial charge in [0.15, 0.2) is 6.10 Å². The maximum Gasteiger partial charge on any atom is 0.306 e. The highest BCUT2D eigenvalue weighted by Crippen LogP contribution is 2.15. The average molecular weight is 801 g/mol. The van der Waals surface area contributed by atoms with Gasteiger partial charge in [-0.15, -0.1) is 0 Å². The van der Waals surface area contributed by atoms with Gasteiger partial charge in [-0.2, -0.15) is 0 Å². The molecule has 0 aliphatic carbocycles. The molecule has 0 fully saturated rings. The molecular formula is C51H92O6. The Labute approximate surface area is 353 Å². The van der Waals surface area contributed by atoms with Gasteiger partial charge in [0, 0.05) is 19.3 Å². The summed E-state index contributed by atoms with van der Waals surface area (Å²) < 4.78 is 16.7. The highest BCUT2D eigenvalue weighted by Gasteiger charge is 2.19. The largest absolute Gasteiger partial charge is 0.462 e. The molecule has 0 aromatic carbocycles. The second-order valence-electron chi connectivity index (χ2n) is 16.3. The molecule has 0 aromatic rings. The van der Waals surface area contributed by atoms with E-state index in [4.69, 9.17) is 14.2 Å². The first-order chi connectivity index (χ1) is 28.0. The van der Waals surface area contributed by atoms with Gasteiger partial charge in [0.05, 0.1) is 0 Å². The summed E-state index contributed by atoms with van der Waals surface area (Å²) in [5, 5.41) is 0. The van der Waals surface area contributed by atoms with Crippen molar-refractivity contribution >= 4 is 17.9 Å². The Balaban J connectivity index is 4.38. The number of hydrogen-bond acceptors (Lipinski definition) is 6. The minimum absolute atomic E-state index is 0.0802. The lowest BCUT2D eigenvalue weighted by Gasteiger charge is -2.18. The topological polar surface area (TPSA) is 78.9 Å². The molecule has 1 atom stereocenters. The van der Waals surface area contributed by atoms with E-state index in [0.29, 0.717) is 19.3 Å². The van der Waals surface area contributed by atoms with Gasteiger partial charge in [0.25, 0.3) is 0 Å². The second-order valence-corrected chi connectivity index (χ2v) is 16.3. The van der Waals surface area contributed by atoms with E-state index in [-0.39, 0.29) is 31.1 Å². The fraction of sp³-hybridized carbons (Fsp3) is 0.824. The summed E-state index contributed by atoms with van der Waals surface area (Å²) in [6, 6.07) is 0. The van der Waals surface area contributed by atoms with Crippen LogP contribution in [0.15, 0.2) is 36.5 Å². The van der Waals surface area contributed by atoms with Crippen LogP contribution in [-0.4, -0.2) is 37.2 Å². The standard InChI is InChI=1S/C51H92O6/c1-4-7-10-13-16-19-22-25-27-29-32-35-38-41-44-50(53)56-47-48(46-55-49(52)43-40-37-34-31-28-24-21-18-15-12-9-6-3)57-51(54)45-42-39-36-33-30-26-23-20-17-14-11-8-5-2/h9,12,18,21,26,30,48H,4-8,10-11,13-17,19-20,22-25,27-29,31-47H2,1-3H3/b12-9-,21-18-,30-26-. The molecule has 6 nitrogen and oxygen atoms in total. The Bertz CT molecular complexity index is 969. The van der Waals surface area contributed by atoms with Gasteiger partial charge in [-0.05, 0) is 70.6 Å². The summed E-state index contributed by atoms with van der Waals surface area (Å²) in [5.74, 6) is -0.906. The average Bonchev–Trinajstić information content (AvgIpc) is 3.21. The molecule has 0 aliphatic rings. The first-order valence-electron chi connectivity index (χ1n) is 24.5. The third-order valence-electron chi connectivity index (χ3n) is 10.6. The molecule has 0 rings (SSSR count). The monoisotopic (exact) mass is 801 g/mol. The summed E-state index contributed by atoms with van der Waals surface area (Å²) in [6.07, 6.45) is 52.7.